The number of nitrogens with zero attached hydrogens (tertiary/aromatic N) is 2. The number of aliphatic hydroxyl groups excluding tert-OH is 4. The molecule has 0 radical (unpaired) electrons. The van der Waals surface area contributed by atoms with Crippen molar-refractivity contribution in [1.82, 2.24) is 9.80 Å². The molecule has 0 spiro atoms. The molecule has 6 atom stereocenters. The van der Waals surface area contributed by atoms with Crippen LogP contribution in [0.5, 0.6) is 0 Å². The van der Waals surface area contributed by atoms with Gasteiger partial charge in [0.25, 0.3) is 0 Å². The fourth-order valence-corrected chi connectivity index (χ4v) is 2.67. The van der Waals surface area contributed by atoms with Crippen molar-refractivity contribution in [2.24, 2.45) is 0 Å². The van der Waals surface area contributed by atoms with E-state index in [0.29, 0.717) is 39.3 Å². The van der Waals surface area contributed by atoms with Crippen molar-refractivity contribution in [2.75, 3.05) is 39.3 Å². The first-order valence-corrected chi connectivity index (χ1v) is 12.1. The van der Waals surface area contributed by atoms with Crippen molar-refractivity contribution in [1.29, 1.82) is 0 Å². The van der Waals surface area contributed by atoms with E-state index in [9.17, 15) is 20.4 Å². The molecule has 4 N–H and O–H groups in total. The van der Waals surface area contributed by atoms with Crippen molar-refractivity contribution in [3.63, 3.8) is 0 Å². The predicted octanol–water partition coefficient (Wildman–Crippen LogP) is -2.89. The van der Waals surface area contributed by atoms with Gasteiger partial charge in [0.15, 0.2) is 0 Å². The molecule has 0 aromatic heterocycles. The van der Waals surface area contributed by atoms with Crippen LogP contribution in [0.1, 0.15) is 69.2 Å². The second-order valence-corrected chi connectivity index (χ2v) is 9.55. The molecule has 0 aliphatic carbocycles. The second kappa shape index (κ2) is 28.9. The monoisotopic (exact) mass is 546 g/mol. The summed E-state index contributed by atoms with van der Waals surface area (Å²) < 4.78 is 0. The van der Waals surface area contributed by atoms with Crippen LogP contribution < -0.4 is 20.4 Å². The van der Waals surface area contributed by atoms with E-state index in [1.54, 1.807) is 79.0 Å². The van der Waals surface area contributed by atoms with Crippen LogP contribution in [0.25, 0.3) is 0 Å². The number of rotatable bonds is 12. The Morgan fingerprint density at radius 1 is 0.429 bits per heavy atom. The number of hydrogen-bond acceptors (Lipinski definition) is 10. The topological polar surface area (TPSA) is 180 Å². The molecule has 11 heteroatoms. The Balaban J connectivity index is -0.000000128. The van der Waals surface area contributed by atoms with E-state index in [1.165, 1.54) is 0 Å². The van der Waals surface area contributed by atoms with E-state index in [1.807, 2.05) is 0 Å². The van der Waals surface area contributed by atoms with E-state index in [4.69, 9.17) is 20.4 Å². The SMILES string of the molecule is CC(C)[O-].CC(C)[O-].CC([O-])CN(CC(C)O)CC(C)O.CC([O-])CN(CC(C)O)CC(C)O.[Ti+4]. The fraction of sp³-hybridized carbons (Fsp3) is 1.00. The van der Waals surface area contributed by atoms with Gasteiger partial charge in [-0.05, 0) is 40.8 Å². The Kier molecular flexibility index (Phi) is 37.3. The normalized spacial score (nSPS) is 15.9. The zero-order valence-electron chi connectivity index (χ0n) is 23.7. The van der Waals surface area contributed by atoms with E-state index in [2.05, 4.69) is 0 Å². The van der Waals surface area contributed by atoms with E-state index < -0.39 is 48.8 Å². The van der Waals surface area contributed by atoms with Gasteiger partial charge in [0.1, 0.15) is 0 Å². The van der Waals surface area contributed by atoms with Gasteiger partial charge in [0, 0.05) is 26.2 Å². The van der Waals surface area contributed by atoms with Crippen LogP contribution in [-0.2, 0) is 21.7 Å². The van der Waals surface area contributed by atoms with Gasteiger partial charge in [0.2, 0.25) is 0 Å². The molecule has 0 aromatic carbocycles. The fourth-order valence-electron chi connectivity index (χ4n) is 2.67. The van der Waals surface area contributed by atoms with Crippen molar-refractivity contribution in [3.8, 4) is 0 Å². The van der Waals surface area contributed by atoms with Crippen LogP contribution in [0.4, 0.5) is 0 Å². The van der Waals surface area contributed by atoms with Crippen LogP contribution in [0, 0.1) is 0 Å². The number of aliphatic hydroxyl groups is 4. The van der Waals surface area contributed by atoms with Crippen molar-refractivity contribution >= 4 is 0 Å². The maximum atomic E-state index is 10.9. The molecule has 0 saturated heterocycles. The summed E-state index contributed by atoms with van der Waals surface area (Å²) in [4.78, 5) is 3.57. The predicted molar refractivity (Wildman–Crippen MR) is 129 cm³/mol. The molecule has 0 rings (SSSR count). The molecule has 0 amide bonds. The zero-order chi connectivity index (χ0) is 28.0. The first-order valence-electron chi connectivity index (χ1n) is 12.1. The van der Waals surface area contributed by atoms with Crippen molar-refractivity contribution < 1.29 is 62.6 Å². The maximum absolute atomic E-state index is 10.9. The molecule has 0 heterocycles. The standard InChI is InChI=1S/2C9H20NO3.2C3H7O.Ti/c2*1-7(11)4-10(5-8(2)12)6-9(3)13;2*1-3(2)4;/h2*7-9,11-12H,4-6H2,1-3H3;2*3H,1-2H3;/q4*-1;+4. The van der Waals surface area contributed by atoms with Gasteiger partial charge < -0.3 is 40.9 Å². The third kappa shape index (κ3) is 60.6. The maximum Gasteiger partial charge on any atom is 4.00 e. The Morgan fingerprint density at radius 3 is 0.657 bits per heavy atom. The van der Waals surface area contributed by atoms with Crippen LogP contribution >= 0.6 is 0 Å². The molecule has 0 saturated carbocycles. The van der Waals surface area contributed by atoms with Gasteiger partial charge in [-0.1, -0.05) is 41.5 Å². The summed E-state index contributed by atoms with van der Waals surface area (Å²) >= 11 is 0. The first-order chi connectivity index (χ1) is 15.3. The molecule has 35 heavy (non-hydrogen) atoms. The Hall–Kier alpha value is 0.314. The summed E-state index contributed by atoms with van der Waals surface area (Å²) in [7, 11) is 0. The first kappa shape index (κ1) is 45.2. The number of hydrogen-bond donors (Lipinski definition) is 4. The molecule has 0 aliphatic rings. The Labute approximate surface area is 229 Å². The van der Waals surface area contributed by atoms with Gasteiger partial charge in [-0.2, -0.15) is 0 Å². The summed E-state index contributed by atoms with van der Waals surface area (Å²) in [6, 6.07) is 0. The minimum absolute atomic E-state index is 0. The van der Waals surface area contributed by atoms with Gasteiger partial charge in [0.05, 0.1) is 24.4 Å². The van der Waals surface area contributed by atoms with E-state index in [0.717, 1.165) is 0 Å². The minimum atomic E-state index is -0.683. The van der Waals surface area contributed by atoms with Gasteiger partial charge >= 0.3 is 21.7 Å². The zero-order valence-corrected chi connectivity index (χ0v) is 25.2. The van der Waals surface area contributed by atoms with Crippen LogP contribution in [-0.4, -0.2) is 118 Å². The molecule has 6 unspecified atom stereocenters. The molecular formula is C24H54N2O8Ti. The second-order valence-electron chi connectivity index (χ2n) is 9.55. The third-order valence-electron chi connectivity index (χ3n) is 3.12. The quantitative estimate of drug-likeness (QED) is 0.186. The smallest absolute Gasteiger partial charge is 0.852 e. The largest absolute Gasteiger partial charge is 4.00 e. The minimum Gasteiger partial charge on any atom is -0.852 e. The summed E-state index contributed by atoms with van der Waals surface area (Å²) in [6.07, 6.45) is -4.04. The molecular weight excluding hydrogens is 492 g/mol. The third-order valence-corrected chi connectivity index (χ3v) is 3.12. The molecule has 0 bridgehead atoms. The summed E-state index contributed by atoms with van der Waals surface area (Å²) in [5, 5.41) is 77.3. The average Bonchev–Trinajstić information content (AvgIpc) is 2.49. The van der Waals surface area contributed by atoms with Crippen LogP contribution in [0.15, 0.2) is 0 Å². The van der Waals surface area contributed by atoms with Crippen molar-refractivity contribution in [3.05, 3.63) is 0 Å². The molecule has 10 nitrogen and oxygen atoms in total. The molecule has 212 valence electrons. The molecule has 0 aromatic rings. The molecule has 0 fully saturated rings. The Bertz CT molecular complexity index is 311. The van der Waals surface area contributed by atoms with Gasteiger partial charge in [-0.3, -0.25) is 9.80 Å². The summed E-state index contributed by atoms with van der Waals surface area (Å²) in [5.74, 6) is 0. The van der Waals surface area contributed by atoms with Crippen LogP contribution in [0.3, 0.4) is 0 Å². The van der Waals surface area contributed by atoms with Gasteiger partial charge in [-0.15, -0.1) is 24.4 Å². The molecule has 0 aliphatic heterocycles. The van der Waals surface area contributed by atoms with Crippen molar-refractivity contribution in [2.45, 2.75) is 118 Å². The van der Waals surface area contributed by atoms with E-state index >= 15 is 0 Å². The van der Waals surface area contributed by atoms with E-state index in [-0.39, 0.29) is 21.7 Å². The van der Waals surface area contributed by atoms with Crippen LogP contribution in [0.2, 0.25) is 0 Å². The average molecular weight is 547 g/mol. The summed E-state index contributed by atoms with van der Waals surface area (Å²) in [5.41, 5.74) is 0. The Morgan fingerprint density at radius 2 is 0.571 bits per heavy atom. The van der Waals surface area contributed by atoms with Gasteiger partial charge in [-0.25, -0.2) is 0 Å². The summed E-state index contributed by atoms with van der Waals surface area (Å²) in [6.45, 7) is 18.8.